The zero-order valence-electron chi connectivity index (χ0n) is 14.8. The number of hydrogen-bond acceptors (Lipinski definition) is 5. The molecule has 0 aliphatic carbocycles. The van der Waals surface area contributed by atoms with Crippen molar-refractivity contribution in [2.75, 3.05) is 6.26 Å². The zero-order valence-corrected chi connectivity index (χ0v) is 17.2. The molecule has 1 N–H and O–H groups in total. The Hall–Kier alpha value is -2.35. The Bertz CT molecular complexity index is 1040. The molecular formula is C20H15ClN4OS2. The van der Waals surface area contributed by atoms with Crippen molar-refractivity contribution < 1.29 is 4.79 Å². The molecule has 8 heteroatoms. The van der Waals surface area contributed by atoms with E-state index in [4.69, 9.17) is 17.0 Å². The third kappa shape index (κ3) is 3.92. The molecule has 0 unspecified atom stereocenters. The van der Waals surface area contributed by atoms with E-state index >= 15 is 0 Å². The van der Waals surface area contributed by atoms with Crippen LogP contribution in [0.4, 0.5) is 0 Å². The Morgan fingerprint density at radius 1 is 1.18 bits per heavy atom. The summed E-state index contributed by atoms with van der Waals surface area (Å²) in [5.74, 6) is -0.372. The van der Waals surface area contributed by atoms with E-state index in [0.29, 0.717) is 16.6 Å². The van der Waals surface area contributed by atoms with E-state index < -0.39 is 5.91 Å². The highest BCUT2D eigenvalue weighted by Crippen LogP contribution is 2.30. The minimum atomic E-state index is -0.416. The Labute approximate surface area is 176 Å². The van der Waals surface area contributed by atoms with Gasteiger partial charge in [0.2, 0.25) is 5.17 Å². The van der Waals surface area contributed by atoms with Crippen LogP contribution in [0.2, 0.25) is 5.02 Å². The first kappa shape index (κ1) is 19.0. The fraction of sp³-hybridized carbons (Fsp3) is 0.100. The maximum absolute atomic E-state index is 12.5. The van der Waals surface area contributed by atoms with Gasteiger partial charge in [-0.15, -0.1) is 11.8 Å². The number of carbonyl (C=O) groups is 1. The summed E-state index contributed by atoms with van der Waals surface area (Å²) in [7, 11) is 0. The van der Waals surface area contributed by atoms with Crippen molar-refractivity contribution in [2.45, 2.75) is 11.3 Å². The second-order valence-electron chi connectivity index (χ2n) is 6.09. The predicted octanol–water partition coefficient (Wildman–Crippen LogP) is 4.92. The number of thioether (sulfide) groups is 2. The lowest BCUT2D eigenvalue weighted by Crippen LogP contribution is -2.35. The summed E-state index contributed by atoms with van der Waals surface area (Å²) >= 11 is 8.89. The molecule has 28 heavy (non-hydrogen) atoms. The van der Waals surface area contributed by atoms with E-state index in [9.17, 15) is 4.79 Å². The average molecular weight is 427 g/mol. The van der Waals surface area contributed by atoms with Gasteiger partial charge in [-0.3, -0.25) is 10.2 Å². The van der Waals surface area contributed by atoms with Crippen molar-refractivity contribution in [3.63, 3.8) is 0 Å². The van der Waals surface area contributed by atoms with Crippen molar-refractivity contribution in [1.29, 1.82) is 5.41 Å². The molecule has 2 heterocycles. The molecule has 0 fully saturated rings. The maximum Gasteiger partial charge on any atom is 0.283 e. The molecule has 0 aromatic heterocycles. The number of aliphatic imine (C=N–C) groups is 1. The molecule has 2 aliphatic heterocycles. The van der Waals surface area contributed by atoms with Crippen LogP contribution in [0.15, 0.2) is 69.1 Å². The Kier molecular flexibility index (Phi) is 5.39. The number of amidine groups is 2. The molecule has 140 valence electrons. The van der Waals surface area contributed by atoms with Gasteiger partial charge in [-0.2, -0.15) is 15.1 Å². The minimum Gasteiger partial charge on any atom is -0.282 e. The zero-order chi connectivity index (χ0) is 19.7. The summed E-state index contributed by atoms with van der Waals surface area (Å²) in [6.07, 6.45) is 4.29. The van der Waals surface area contributed by atoms with E-state index in [0.717, 1.165) is 21.1 Å². The average Bonchev–Trinajstić information content (AvgIpc) is 3.10. The number of fused-ring (bicyclic) bond motifs is 1. The topological polar surface area (TPSA) is 68.9 Å². The molecule has 2 aromatic rings. The Balaban J connectivity index is 1.57. The SMILES string of the molecule is CSc1ccc(/C=C2\C(=N)N3N=C(Cc4ccc(Cl)cc4)SC3=NC2=O)cc1. The van der Waals surface area contributed by atoms with E-state index in [-0.39, 0.29) is 11.4 Å². The van der Waals surface area contributed by atoms with Crippen LogP contribution in [0.5, 0.6) is 0 Å². The number of hydrazone groups is 1. The number of nitrogens with zero attached hydrogens (tertiary/aromatic N) is 3. The van der Waals surface area contributed by atoms with E-state index in [1.807, 2.05) is 54.8 Å². The summed E-state index contributed by atoms with van der Waals surface area (Å²) in [6, 6.07) is 15.3. The van der Waals surface area contributed by atoms with Crippen LogP contribution in [-0.4, -0.2) is 33.2 Å². The molecule has 4 rings (SSSR count). The highest BCUT2D eigenvalue weighted by atomic mass is 35.5. The maximum atomic E-state index is 12.5. The van der Waals surface area contributed by atoms with Crippen molar-refractivity contribution >= 4 is 63.2 Å². The molecule has 5 nitrogen and oxygen atoms in total. The molecule has 0 radical (unpaired) electrons. The molecule has 0 bridgehead atoms. The first-order valence-electron chi connectivity index (χ1n) is 8.41. The number of hydrogen-bond donors (Lipinski definition) is 1. The first-order valence-corrected chi connectivity index (χ1v) is 10.8. The van der Waals surface area contributed by atoms with Crippen molar-refractivity contribution in [1.82, 2.24) is 5.01 Å². The summed E-state index contributed by atoms with van der Waals surface area (Å²) in [5, 5.41) is 16.3. The van der Waals surface area contributed by atoms with Crippen molar-refractivity contribution in [3.05, 3.63) is 70.3 Å². The third-order valence-electron chi connectivity index (χ3n) is 4.19. The predicted molar refractivity (Wildman–Crippen MR) is 118 cm³/mol. The third-order valence-corrected chi connectivity index (χ3v) is 6.10. The summed E-state index contributed by atoms with van der Waals surface area (Å²) in [6.45, 7) is 0. The van der Waals surface area contributed by atoms with E-state index in [1.165, 1.54) is 16.8 Å². The number of benzene rings is 2. The summed E-state index contributed by atoms with van der Waals surface area (Å²) in [4.78, 5) is 17.7. The standard InChI is InChI=1S/C20H15ClN4OS2/c1-27-15-8-4-12(5-9-15)10-16-18(22)25-20(23-19(16)26)28-17(24-25)11-13-2-6-14(21)7-3-13/h2-10,22H,11H2,1H3/b16-10+,22-18?. The largest absolute Gasteiger partial charge is 0.283 e. The number of nitrogens with one attached hydrogen (secondary N) is 1. The van der Waals surface area contributed by atoms with Gasteiger partial charge in [-0.1, -0.05) is 35.9 Å². The van der Waals surface area contributed by atoms with Gasteiger partial charge < -0.3 is 0 Å². The van der Waals surface area contributed by atoms with Crippen LogP contribution in [0.1, 0.15) is 11.1 Å². The molecular weight excluding hydrogens is 412 g/mol. The van der Waals surface area contributed by atoms with Gasteiger partial charge in [0, 0.05) is 16.3 Å². The van der Waals surface area contributed by atoms with Crippen LogP contribution >= 0.6 is 35.1 Å². The van der Waals surface area contributed by atoms with Gasteiger partial charge in [0.05, 0.1) is 5.57 Å². The molecule has 0 spiro atoms. The lowest BCUT2D eigenvalue weighted by Gasteiger charge is -2.20. The highest BCUT2D eigenvalue weighted by Gasteiger charge is 2.35. The molecule has 0 saturated carbocycles. The number of carbonyl (C=O) groups excluding carboxylic acids is 1. The number of halogens is 1. The van der Waals surface area contributed by atoms with Crippen LogP contribution in [0, 0.1) is 5.41 Å². The van der Waals surface area contributed by atoms with Crippen LogP contribution in [0.25, 0.3) is 6.08 Å². The Morgan fingerprint density at radius 2 is 1.89 bits per heavy atom. The van der Waals surface area contributed by atoms with Gasteiger partial charge in [-0.05, 0) is 59.5 Å². The molecule has 2 aromatic carbocycles. The lowest BCUT2D eigenvalue weighted by molar-refractivity contribution is -0.114. The second kappa shape index (κ2) is 7.95. The van der Waals surface area contributed by atoms with E-state index in [1.54, 1.807) is 17.8 Å². The molecule has 1 amide bonds. The van der Waals surface area contributed by atoms with Crippen LogP contribution < -0.4 is 0 Å². The van der Waals surface area contributed by atoms with Crippen LogP contribution in [-0.2, 0) is 11.2 Å². The first-order chi connectivity index (χ1) is 13.5. The van der Waals surface area contributed by atoms with Gasteiger partial charge in [-0.25, -0.2) is 0 Å². The summed E-state index contributed by atoms with van der Waals surface area (Å²) < 4.78 is 0. The van der Waals surface area contributed by atoms with Gasteiger partial charge in [0.15, 0.2) is 5.84 Å². The summed E-state index contributed by atoms with van der Waals surface area (Å²) in [5.41, 5.74) is 2.14. The second-order valence-corrected chi connectivity index (χ2v) is 8.45. The number of amides is 1. The van der Waals surface area contributed by atoms with Crippen molar-refractivity contribution in [3.8, 4) is 0 Å². The number of rotatable bonds is 4. The lowest BCUT2D eigenvalue weighted by atomic mass is 10.1. The fourth-order valence-electron chi connectivity index (χ4n) is 2.75. The minimum absolute atomic E-state index is 0.0440. The monoisotopic (exact) mass is 426 g/mol. The van der Waals surface area contributed by atoms with Gasteiger partial charge >= 0.3 is 0 Å². The van der Waals surface area contributed by atoms with E-state index in [2.05, 4.69) is 10.1 Å². The smallest absolute Gasteiger partial charge is 0.282 e. The Morgan fingerprint density at radius 3 is 2.57 bits per heavy atom. The van der Waals surface area contributed by atoms with Crippen LogP contribution in [0.3, 0.4) is 0 Å². The van der Waals surface area contributed by atoms with Gasteiger partial charge in [0.1, 0.15) is 5.04 Å². The van der Waals surface area contributed by atoms with Gasteiger partial charge in [0.25, 0.3) is 5.91 Å². The normalized spacial score (nSPS) is 17.6. The fourth-order valence-corrected chi connectivity index (χ4v) is 4.20. The molecule has 0 atom stereocenters. The van der Waals surface area contributed by atoms with Crippen molar-refractivity contribution in [2.24, 2.45) is 10.1 Å². The highest BCUT2D eigenvalue weighted by molar-refractivity contribution is 8.26. The molecule has 2 aliphatic rings. The molecule has 0 saturated heterocycles. The quantitative estimate of drug-likeness (QED) is 0.556.